The predicted octanol–water partition coefficient (Wildman–Crippen LogP) is 1.32. The molecule has 0 aliphatic heterocycles. The molecular formula is C13H16NO6P2+. The second-order valence-corrected chi connectivity index (χ2v) is 8.82. The molecule has 2 aromatic rings. The van der Waals surface area contributed by atoms with Gasteiger partial charge in [-0.3, -0.25) is 9.13 Å². The van der Waals surface area contributed by atoms with Crippen LogP contribution in [0.3, 0.4) is 0 Å². The number of hydrogen-bond donors (Lipinski definition) is 4. The maximum absolute atomic E-state index is 11.3. The van der Waals surface area contributed by atoms with Gasteiger partial charge in [-0.1, -0.05) is 30.3 Å². The summed E-state index contributed by atoms with van der Waals surface area (Å²) in [5, 5.41) is -2.05. The first-order chi connectivity index (χ1) is 10.2. The summed E-state index contributed by atoms with van der Waals surface area (Å²) >= 11 is 0. The number of pyridine rings is 1. The van der Waals surface area contributed by atoms with E-state index >= 15 is 0 Å². The first kappa shape index (κ1) is 17.0. The Morgan fingerprint density at radius 1 is 0.818 bits per heavy atom. The molecule has 0 saturated heterocycles. The normalized spacial score (nSPS) is 12.6. The Morgan fingerprint density at radius 2 is 1.27 bits per heavy atom. The number of benzene rings is 1. The lowest BCUT2D eigenvalue weighted by Gasteiger charge is -2.16. The highest BCUT2D eigenvalue weighted by Gasteiger charge is 2.46. The fourth-order valence-corrected chi connectivity index (χ4v) is 4.37. The maximum atomic E-state index is 11.3. The van der Waals surface area contributed by atoms with E-state index in [0.717, 1.165) is 11.1 Å². The molecule has 0 amide bonds. The molecule has 7 nitrogen and oxygen atoms in total. The Labute approximate surface area is 127 Å². The third-order valence-electron chi connectivity index (χ3n) is 3.15. The standard InChI is InChI=1S/C13H15NO6P2/c15-21(16,17)13(22(18,19)20)10-14-8-6-12(7-9-14)11-4-2-1-3-5-11/h1-9,13H,10H2,(H3-,15,16,17,18,19,20)/p+1. The summed E-state index contributed by atoms with van der Waals surface area (Å²) in [7, 11) is -9.83. The Bertz CT molecular complexity index is 700. The predicted molar refractivity (Wildman–Crippen MR) is 79.9 cm³/mol. The van der Waals surface area contributed by atoms with E-state index < -0.39 is 27.1 Å². The second-order valence-electron chi connectivity index (χ2n) is 4.81. The van der Waals surface area contributed by atoms with E-state index in [1.165, 1.54) is 17.0 Å². The average Bonchev–Trinajstić information content (AvgIpc) is 2.44. The topological polar surface area (TPSA) is 119 Å². The van der Waals surface area contributed by atoms with Crippen LogP contribution in [0.5, 0.6) is 0 Å². The van der Waals surface area contributed by atoms with Gasteiger partial charge in [0.05, 0.1) is 0 Å². The van der Waals surface area contributed by atoms with Gasteiger partial charge < -0.3 is 19.6 Å². The van der Waals surface area contributed by atoms with Gasteiger partial charge in [-0.15, -0.1) is 0 Å². The van der Waals surface area contributed by atoms with Gasteiger partial charge in [0, 0.05) is 12.1 Å². The molecule has 1 heterocycles. The van der Waals surface area contributed by atoms with Crippen LogP contribution in [0.4, 0.5) is 0 Å². The smallest absolute Gasteiger partial charge is 0.324 e. The number of aromatic nitrogens is 1. The fourth-order valence-electron chi connectivity index (χ4n) is 2.00. The minimum absolute atomic E-state index is 0.469. The molecule has 1 aromatic heterocycles. The van der Waals surface area contributed by atoms with Gasteiger partial charge in [0.25, 0.3) is 0 Å². The molecule has 0 bridgehead atoms. The van der Waals surface area contributed by atoms with E-state index in [-0.39, 0.29) is 0 Å². The van der Waals surface area contributed by atoms with Gasteiger partial charge >= 0.3 is 15.2 Å². The monoisotopic (exact) mass is 344 g/mol. The van der Waals surface area contributed by atoms with Crippen molar-refractivity contribution in [3.05, 3.63) is 54.9 Å². The van der Waals surface area contributed by atoms with Crippen molar-refractivity contribution in [1.82, 2.24) is 0 Å². The Balaban J connectivity index is 2.24. The van der Waals surface area contributed by atoms with Crippen molar-refractivity contribution in [2.75, 3.05) is 0 Å². The van der Waals surface area contributed by atoms with E-state index in [1.54, 1.807) is 12.1 Å². The molecule has 0 aliphatic carbocycles. The van der Waals surface area contributed by atoms with Crippen LogP contribution >= 0.6 is 15.2 Å². The van der Waals surface area contributed by atoms with Crippen molar-refractivity contribution in [2.45, 2.75) is 11.9 Å². The van der Waals surface area contributed by atoms with Crippen LogP contribution in [0.2, 0.25) is 0 Å². The van der Waals surface area contributed by atoms with E-state index in [0.29, 0.717) is 0 Å². The van der Waals surface area contributed by atoms with Gasteiger partial charge in [-0.2, -0.15) is 0 Å². The molecule has 0 fully saturated rings. The molecule has 0 unspecified atom stereocenters. The SMILES string of the molecule is O=P(O)(O)C(C[n+]1ccc(-c2ccccc2)cc1)P(=O)(O)O. The van der Waals surface area contributed by atoms with Crippen LogP contribution in [-0.2, 0) is 15.7 Å². The summed E-state index contributed by atoms with van der Waals surface area (Å²) in [5.74, 6) is 0. The zero-order valence-electron chi connectivity index (χ0n) is 11.4. The van der Waals surface area contributed by atoms with Crippen LogP contribution in [-0.4, -0.2) is 25.0 Å². The first-order valence-electron chi connectivity index (χ1n) is 6.33. The minimum atomic E-state index is -4.92. The van der Waals surface area contributed by atoms with Gasteiger partial charge in [0.1, 0.15) is 0 Å². The molecule has 2 rings (SSSR count). The Kier molecular flexibility index (Phi) is 4.97. The summed E-state index contributed by atoms with van der Waals surface area (Å²) in [6.07, 6.45) is 3.06. The van der Waals surface area contributed by atoms with Crippen molar-refractivity contribution in [3.63, 3.8) is 0 Å². The summed E-state index contributed by atoms with van der Waals surface area (Å²) in [6, 6.07) is 12.9. The van der Waals surface area contributed by atoms with E-state index in [1.807, 2.05) is 30.3 Å². The molecule has 0 atom stereocenters. The molecule has 118 valence electrons. The Hall–Kier alpha value is -1.33. The van der Waals surface area contributed by atoms with Crippen molar-refractivity contribution in [2.24, 2.45) is 0 Å². The zero-order chi connectivity index (χ0) is 16.4. The van der Waals surface area contributed by atoms with Crippen LogP contribution in [0, 0.1) is 0 Å². The molecule has 0 aliphatic rings. The number of hydrogen-bond acceptors (Lipinski definition) is 2. The highest BCUT2D eigenvalue weighted by atomic mass is 31.2. The van der Waals surface area contributed by atoms with E-state index in [4.69, 9.17) is 19.6 Å². The summed E-state index contributed by atoms with van der Waals surface area (Å²) in [5.41, 5.74) is 1.86. The molecule has 0 saturated carbocycles. The lowest BCUT2D eigenvalue weighted by Crippen LogP contribution is -2.39. The zero-order valence-corrected chi connectivity index (χ0v) is 13.2. The minimum Gasteiger partial charge on any atom is -0.324 e. The molecule has 22 heavy (non-hydrogen) atoms. The summed E-state index contributed by atoms with van der Waals surface area (Å²) < 4.78 is 23.9. The van der Waals surface area contributed by atoms with E-state index in [9.17, 15) is 9.13 Å². The van der Waals surface area contributed by atoms with Gasteiger partial charge in [0.2, 0.25) is 5.40 Å². The molecule has 0 radical (unpaired) electrons. The van der Waals surface area contributed by atoms with Crippen molar-refractivity contribution in [3.8, 4) is 11.1 Å². The summed E-state index contributed by atoms with van der Waals surface area (Å²) in [4.78, 5) is 36.5. The third-order valence-corrected chi connectivity index (χ3v) is 6.83. The van der Waals surface area contributed by atoms with Crippen LogP contribution in [0.15, 0.2) is 54.9 Å². The van der Waals surface area contributed by atoms with Crippen LogP contribution in [0.1, 0.15) is 0 Å². The van der Waals surface area contributed by atoms with Crippen LogP contribution < -0.4 is 4.57 Å². The quantitative estimate of drug-likeness (QED) is 0.480. The molecule has 1 aromatic carbocycles. The van der Waals surface area contributed by atoms with Gasteiger partial charge in [-0.25, -0.2) is 4.57 Å². The summed E-state index contributed by atoms with van der Waals surface area (Å²) in [6.45, 7) is -0.469. The molecule has 4 N–H and O–H groups in total. The molecular weight excluding hydrogens is 328 g/mol. The van der Waals surface area contributed by atoms with Gasteiger partial charge in [0.15, 0.2) is 18.9 Å². The van der Waals surface area contributed by atoms with Crippen molar-refractivity contribution >= 4 is 15.2 Å². The lowest BCUT2D eigenvalue weighted by atomic mass is 10.1. The maximum Gasteiger partial charge on any atom is 0.347 e. The van der Waals surface area contributed by atoms with Gasteiger partial charge in [-0.05, 0) is 11.1 Å². The highest BCUT2D eigenvalue weighted by Crippen LogP contribution is 2.59. The van der Waals surface area contributed by atoms with Crippen molar-refractivity contribution < 1.29 is 33.3 Å². The average molecular weight is 344 g/mol. The number of nitrogens with zero attached hydrogens (tertiary/aromatic N) is 1. The van der Waals surface area contributed by atoms with Crippen LogP contribution in [0.25, 0.3) is 11.1 Å². The fraction of sp³-hybridized carbons (Fsp3) is 0.154. The third kappa shape index (κ3) is 4.34. The Morgan fingerprint density at radius 3 is 1.73 bits per heavy atom. The molecule has 0 spiro atoms. The van der Waals surface area contributed by atoms with Crippen molar-refractivity contribution in [1.29, 1.82) is 0 Å². The number of rotatable bonds is 5. The largest absolute Gasteiger partial charge is 0.347 e. The highest BCUT2D eigenvalue weighted by molar-refractivity contribution is 7.70. The first-order valence-corrected chi connectivity index (χ1v) is 9.69. The lowest BCUT2D eigenvalue weighted by molar-refractivity contribution is -0.694. The second kappa shape index (κ2) is 6.42. The van der Waals surface area contributed by atoms with E-state index in [2.05, 4.69) is 0 Å². The molecule has 9 heteroatoms.